The van der Waals surface area contributed by atoms with Crippen LogP contribution in [0.3, 0.4) is 0 Å². The largest absolute Gasteiger partial charge is 0.465 e. The zero-order valence-corrected chi connectivity index (χ0v) is 42.5. The summed E-state index contributed by atoms with van der Waals surface area (Å²) in [6, 6.07) is 0. The van der Waals surface area contributed by atoms with Crippen molar-refractivity contribution in [3.63, 3.8) is 0 Å². The number of carbonyl (C=O) groups is 7. The van der Waals surface area contributed by atoms with Gasteiger partial charge in [-0.05, 0) is 89.8 Å². The average molecular weight is 942 g/mol. The number of unbranched alkanes of at least 4 members (excludes halogenated alkanes) is 7. The second-order valence-corrected chi connectivity index (χ2v) is 18.4. The molecule has 0 aliphatic rings. The van der Waals surface area contributed by atoms with Gasteiger partial charge in [0.1, 0.15) is 51.1 Å². The van der Waals surface area contributed by atoms with Crippen LogP contribution in [0.4, 0.5) is 0 Å². The van der Waals surface area contributed by atoms with Crippen molar-refractivity contribution in [1.82, 2.24) is 4.90 Å². The van der Waals surface area contributed by atoms with E-state index in [-0.39, 0.29) is 44.0 Å². The Hall–Kier alpha value is -3.75. The van der Waals surface area contributed by atoms with Crippen molar-refractivity contribution >= 4 is 41.8 Å². The van der Waals surface area contributed by atoms with E-state index in [0.29, 0.717) is 6.42 Å². The summed E-state index contributed by atoms with van der Waals surface area (Å²) < 4.78 is 38.7. The molecule has 0 heterocycles. The summed E-state index contributed by atoms with van der Waals surface area (Å²) in [5, 5.41) is 0. The van der Waals surface area contributed by atoms with Crippen LogP contribution in [0.25, 0.3) is 0 Å². The third-order valence-electron chi connectivity index (χ3n) is 11.5. The lowest BCUT2D eigenvalue weighted by atomic mass is 9.92. The molecule has 0 aromatic rings. The van der Waals surface area contributed by atoms with Gasteiger partial charge >= 0.3 is 41.8 Å². The molecule has 66 heavy (non-hydrogen) atoms. The molecule has 0 fully saturated rings. The van der Waals surface area contributed by atoms with Gasteiger partial charge in [-0.25, -0.2) is 0 Å². The zero-order valence-electron chi connectivity index (χ0n) is 42.5. The Morgan fingerprint density at radius 1 is 0.364 bits per heavy atom. The first kappa shape index (κ1) is 62.2. The van der Waals surface area contributed by atoms with E-state index in [2.05, 4.69) is 41.5 Å². The van der Waals surface area contributed by atoms with Crippen molar-refractivity contribution in [2.45, 2.75) is 196 Å². The molecule has 0 amide bonds. The van der Waals surface area contributed by atoms with E-state index in [9.17, 15) is 33.6 Å². The van der Waals surface area contributed by atoms with Crippen molar-refractivity contribution in [2.75, 3.05) is 66.9 Å². The van der Waals surface area contributed by atoms with Crippen molar-refractivity contribution in [3.05, 3.63) is 0 Å². The predicted octanol–water partition coefficient (Wildman–Crippen LogP) is 9.67. The Kier molecular flexibility index (Phi) is 38.0. The lowest BCUT2D eigenvalue weighted by Crippen LogP contribution is -2.44. The van der Waals surface area contributed by atoms with Crippen molar-refractivity contribution in [2.24, 2.45) is 23.2 Å². The first-order chi connectivity index (χ1) is 31.7. The number of nitrogens with zero attached hydrogens (tertiary/aromatic N) is 1. The molecular weight excluding hydrogens is 851 g/mol. The summed E-state index contributed by atoms with van der Waals surface area (Å²) in [4.78, 5) is 93.0. The van der Waals surface area contributed by atoms with Gasteiger partial charge in [-0.15, -0.1) is 0 Å². The minimum Gasteiger partial charge on any atom is -0.465 e. The van der Waals surface area contributed by atoms with E-state index in [0.717, 1.165) is 129 Å². The molecular formula is C51H91NO14. The van der Waals surface area contributed by atoms with Crippen LogP contribution in [-0.4, -0.2) is 114 Å². The van der Waals surface area contributed by atoms with E-state index in [4.69, 9.17) is 33.2 Å². The highest BCUT2D eigenvalue weighted by Gasteiger charge is 2.39. The molecule has 0 atom stereocenters. The van der Waals surface area contributed by atoms with Crippen LogP contribution in [-0.2, 0) is 66.7 Å². The van der Waals surface area contributed by atoms with Gasteiger partial charge in [-0.1, -0.05) is 119 Å². The van der Waals surface area contributed by atoms with Gasteiger partial charge < -0.3 is 38.1 Å². The second-order valence-electron chi connectivity index (χ2n) is 18.4. The lowest BCUT2D eigenvalue weighted by molar-refractivity contribution is -0.172. The second kappa shape index (κ2) is 40.3. The topological polar surface area (TPSA) is 187 Å². The molecule has 0 unspecified atom stereocenters. The Bertz CT molecular complexity index is 1180. The third kappa shape index (κ3) is 34.5. The van der Waals surface area contributed by atoms with Gasteiger partial charge in [0, 0.05) is 6.42 Å². The highest BCUT2D eigenvalue weighted by atomic mass is 16.6. The zero-order chi connectivity index (χ0) is 49.4. The first-order valence-corrected chi connectivity index (χ1v) is 25.4. The van der Waals surface area contributed by atoms with Gasteiger partial charge in [0.2, 0.25) is 0 Å². The van der Waals surface area contributed by atoms with Crippen molar-refractivity contribution < 1.29 is 66.7 Å². The van der Waals surface area contributed by atoms with Crippen LogP contribution < -0.4 is 0 Å². The van der Waals surface area contributed by atoms with Crippen molar-refractivity contribution in [3.8, 4) is 0 Å². The molecule has 0 aromatic carbocycles. The van der Waals surface area contributed by atoms with Gasteiger partial charge in [0.25, 0.3) is 0 Å². The maximum Gasteiger partial charge on any atom is 0.317 e. The molecule has 0 saturated heterocycles. The SMILES string of the molecule is CCCCC(CCCC)COC(=O)CC(=O)OCC(COC(=O)CCCCN(C)C)(COC(=O)CC(=O)OCC(CCCC)CCCC)COC(=O)CC(=O)OCC(CCCC)CCCC. The monoisotopic (exact) mass is 942 g/mol. The van der Waals surface area contributed by atoms with Crippen molar-refractivity contribution in [1.29, 1.82) is 0 Å². The quantitative estimate of drug-likeness (QED) is 0.0243. The molecule has 0 aromatic heterocycles. The van der Waals surface area contributed by atoms with E-state index < -0.39 is 92.9 Å². The summed E-state index contributed by atoms with van der Waals surface area (Å²) in [7, 11) is 3.84. The van der Waals surface area contributed by atoms with Crippen LogP contribution in [0.15, 0.2) is 0 Å². The van der Waals surface area contributed by atoms with Crippen LogP contribution in [0.1, 0.15) is 196 Å². The van der Waals surface area contributed by atoms with Gasteiger partial charge in [-0.3, -0.25) is 33.6 Å². The number of rotatable bonds is 43. The summed E-state index contributed by atoms with van der Waals surface area (Å²) in [6.07, 6.45) is 16.5. The van der Waals surface area contributed by atoms with Crippen LogP contribution in [0, 0.1) is 23.2 Å². The highest BCUT2D eigenvalue weighted by molar-refractivity contribution is 5.92. The number of esters is 7. The predicted molar refractivity (Wildman–Crippen MR) is 253 cm³/mol. The molecule has 0 rings (SSSR count). The van der Waals surface area contributed by atoms with Crippen LogP contribution >= 0.6 is 0 Å². The molecule has 0 aliphatic heterocycles. The first-order valence-electron chi connectivity index (χ1n) is 25.4. The van der Waals surface area contributed by atoms with Gasteiger partial charge in [0.05, 0.1) is 19.8 Å². The Labute approximate surface area is 398 Å². The standard InChI is InChI=1S/C51H91NO14/c1-9-15-23-41(24-16-10-2)34-60-45(54)31-48(57)64-38-51(37-63-44(53)29-21-22-30-52(7)8,39-65-49(58)32-46(55)61-35-42(25-17-11-3)26-18-12-4)40-66-50(59)33-47(56)62-36-43(27-19-13-5)28-20-14-6/h41-43H,9-40H2,1-8H3. The molecule has 15 heteroatoms. The van der Waals surface area contributed by atoms with Crippen LogP contribution in [0.2, 0.25) is 0 Å². The number of hydrogen-bond acceptors (Lipinski definition) is 15. The summed E-state index contributed by atoms with van der Waals surface area (Å²) in [6.45, 7) is 11.4. The minimum absolute atomic E-state index is 0.0549. The molecule has 0 aliphatic carbocycles. The Morgan fingerprint density at radius 3 is 0.879 bits per heavy atom. The maximum atomic E-state index is 13.2. The average Bonchev–Trinajstić information content (AvgIpc) is 3.29. The highest BCUT2D eigenvalue weighted by Crippen LogP contribution is 2.24. The fraction of sp³-hybridized carbons (Fsp3) is 0.863. The third-order valence-corrected chi connectivity index (χ3v) is 11.5. The summed E-state index contributed by atoms with van der Waals surface area (Å²) in [5.41, 5.74) is -1.71. The maximum absolute atomic E-state index is 13.2. The van der Waals surface area contributed by atoms with Gasteiger partial charge in [-0.2, -0.15) is 0 Å². The Morgan fingerprint density at radius 2 is 0.621 bits per heavy atom. The molecule has 384 valence electrons. The summed E-state index contributed by atoms with van der Waals surface area (Å²) >= 11 is 0. The molecule has 15 nitrogen and oxygen atoms in total. The molecule has 0 radical (unpaired) electrons. The van der Waals surface area contributed by atoms with Gasteiger partial charge in [0.15, 0.2) is 0 Å². The van der Waals surface area contributed by atoms with E-state index in [1.807, 2.05) is 19.0 Å². The normalized spacial score (nSPS) is 11.5. The lowest BCUT2D eigenvalue weighted by Gasteiger charge is -2.31. The van der Waals surface area contributed by atoms with Crippen LogP contribution in [0.5, 0.6) is 0 Å². The smallest absolute Gasteiger partial charge is 0.317 e. The summed E-state index contributed by atoms with van der Waals surface area (Å²) in [5.74, 6) is -5.33. The molecule has 0 saturated carbocycles. The number of ether oxygens (including phenoxy) is 7. The van der Waals surface area contributed by atoms with E-state index in [1.54, 1.807) is 0 Å². The van der Waals surface area contributed by atoms with E-state index >= 15 is 0 Å². The number of carbonyl (C=O) groups excluding carboxylic acids is 7. The fourth-order valence-electron chi connectivity index (χ4n) is 7.14. The minimum atomic E-state index is -1.71. The molecule has 0 N–H and O–H groups in total. The number of hydrogen-bond donors (Lipinski definition) is 0. The molecule has 0 spiro atoms. The molecule has 0 bridgehead atoms. The Balaban J connectivity index is 6.27. The van der Waals surface area contributed by atoms with E-state index in [1.165, 1.54) is 0 Å². The fourth-order valence-corrected chi connectivity index (χ4v) is 7.14.